The summed E-state index contributed by atoms with van der Waals surface area (Å²) in [6, 6.07) is 12.5. The number of piperazine rings is 1. The Morgan fingerprint density at radius 2 is 1.83 bits per heavy atom. The molecule has 0 amide bonds. The molecule has 0 radical (unpaired) electrons. The molecule has 11 heteroatoms. The van der Waals surface area contributed by atoms with Crippen LogP contribution in [0.15, 0.2) is 53.5 Å². The Labute approximate surface area is 215 Å². The van der Waals surface area contributed by atoms with Gasteiger partial charge in [0.25, 0.3) is 0 Å². The van der Waals surface area contributed by atoms with Crippen LogP contribution in [-0.2, 0) is 0 Å². The van der Waals surface area contributed by atoms with Crippen molar-refractivity contribution in [1.82, 2.24) is 30.1 Å². The van der Waals surface area contributed by atoms with Crippen molar-refractivity contribution in [3.63, 3.8) is 0 Å². The first kappa shape index (κ1) is 22.5. The van der Waals surface area contributed by atoms with Crippen molar-refractivity contribution in [2.45, 2.75) is 0 Å². The Balaban J connectivity index is 1.37. The molecule has 2 aromatic carbocycles. The van der Waals surface area contributed by atoms with Gasteiger partial charge in [-0.2, -0.15) is 5.10 Å². The number of H-pyrrole nitrogens is 1. The Hall–Kier alpha value is -3.99. The SMILES string of the molecule is CNc1nccc(-c2cc(N3CCN(c4ncnc5n[nH]c(Br)c45)CC3)c3cc(OC)ccc3c2)n1. The molecule has 1 aliphatic heterocycles. The van der Waals surface area contributed by atoms with Crippen LogP contribution in [0.1, 0.15) is 0 Å². The molecule has 0 aliphatic carbocycles. The molecule has 1 fully saturated rings. The summed E-state index contributed by atoms with van der Waals surface area (Å²) < 4.78 is 6.34. The van der Waals surface area contributed by atoms with E-state index in [1.807, 2.05) is 19.2 Å². The first-order valence-corrected chi connectivity index (χ1v) is 12.4. The van der Waals surface area contributed by atoms with Crippen molar-refractivity contribution < 1.29 is 4.74 Å². The normalized spacial score (nSPS) is 14.0. The molecule has 0 unspecified atom stereocenters. The molecule has 0 saturated carbocycles. The largest absolute Gasteiger partial charge is 0.497 e. The third-order valence-electron chi connectivity index (χ3n) is 6.52. The molecule has 182 valence electrons. The molecule has 0 bridgehead atoms. The molecular weight excluding hydrogens is 522 g/mol. The van der Waals surface area contributed by atoms with Gasteiger partial charge in [0.1, 0.15) is 22.5 Å². The number of hydrogen-bond acceptors (Lipinski definition) is 9. The summed E-state index contributed by atoms with van der Waals surface area (Å²) in [6.45, 7) is 3.30. The minimum atomic E-state index is 0.596. The smallest absolute Gasteiger partial charge is 0.222 e. The molecule has 1 saturated heterocycles. The topological polar surface area (TPSA) is 108 Å². The summed E-state index contributed by atoms with van der Waals surface area (Å²) in [7, 11) is 3.52. The van der Waals surface area contributed by atoms with E-state index in [0.717, 1.165) is 75.5 Å². The fourth-order valence-electron chi connectivity index (χ4n) is 4.70. The zero-order chi connectivity index (χ0) is 24.6. The molecule has 5 aromatic rings. The van der Waals surface area contributed by atoms with Gasteiger partial charge in [0, 0.05) is 56.1 Å². The number of ether oxygens (including phenoxy) is 1. The average Bonchev–Trinajstić information content (AvgIpc) is 3.33. The minimum Gasteiger partial charge on any atom is -0.497 e. The molecule has 1 aliphatic rings. The van der Waals surface area contributed by atoms with Gasteiger partial charge in [-0.3, -0.25) is 5.10 Å². The molecule has 4 heterocycles. The molecule has 0 spiro atoms. The number of anilines is 3. The van der Waals surface area contributed by atoms with Crippen LogP contribution in [0.5, 0.6) is 5.75 Å². The second-order valence-corrected chi connectivity index (χ2v) is 9.30. The van der Waals surface area contributed by atoms with E-state index in [0.29, 0.717) is 11.6 Å². The van der Waals surface area contributed by atoms with E-state index in [1.165, 1.54) is 0 Å². The van der Waals surface area contributed by atoms with E-state index in [4.69, 9.17) is 4.74 Å². The lowest BCUT2D eigenvalue weighted by atomic mass is 10.0. The summed E-state index contributed by atoms with van der Waals surface area (Å²) in [4.78, 5) is 22.5. The first-order valence-electron chi connectivity index (χ1n) is 11.6. The lowest BCUT2D eigenvalue weighted by molar-refractivity contribution is 0.415. The zero-order valence-corrected chi connectivity index (χ0v) is 21.4. The maximum Gasteiger partial charge on any atom is 0.222 e. The second-order valence-electron chi connectivity index (χ2n) is 8.51. The Morgan fingerprint density at radius 3 is 2.64 bits per heavy atom. The van der Waals surface area contributed by atoms with Gasteiger partial charge < -0.3 is 19.9 Å². The number of nitrogens with zero attached hydrogens (tertiary/aromatic N) is 7. The van der Waals surface area contributed by atoms with Crippen LogP contribution in [0, 0.1) is 0 Å². The van der Waals surface area contributed by atoms with Crippen molar-refractivity contribution in [3.8, 4) is 17.0 Å². The van der Waals surface area contributed by atoms with E-state index in [9.17, 15) is 0 Å². The number of benzene rings is 2. The molecular formula is C25H24BrN9O. The molecule has 3 aromatic heterocycles. The average molecular weight is 546 g/mol. The Kier molecular flexibility index (Phi) is 5.76. The van der Waals surface area contributed by atoms with E-state index >= 15 is 0 Å². The lowest BCUT2D eigenvalue weighted by Gasteiger charge is -2.37. The predicted molar refractivity (Wildman–Crippen MR) is 145 cm³/mol. The van der Waals surface area contributed by atoms with Gasteiger partial charge in [-0.15, -0.1) is 0 Å². The fourth-order valence-corrected chi connectivity index (χ4v) is 5.14. The molecule has 0 atom stereocenters. The van der Waals surface area contributed by atoms with Gasteiger partial charge >= 0.3 is 0 Å². The van der Waals surface area contributed by atoms with Crippen LogP contribution in [-0.4, -0.2) is 70.5 Å². The van der Waals surface area contributed by atoms with Gasteiger partial charge in [-0.05, 0) is 51.6 Å². The lowest BCUT2D eigenvalue weighted by Crippen LogP contribution is -2.47. The molecule has 6 rings (SSSR count). The number of hydrogen-bond donors (Lipinski definition) is 2. The Bertz CT molecular complexity index is 1560. The fraction of sp³-hybridized carbons (Fsp3) is 0.240. The summed E-state index contributed by atoms with van der Waals surface area (Å²) >= 11 is 3.55. The standard InChI is InChI=1S/C25H24BrN9O/c1-27-25-28-6-5-19(31-25)16-11-15-3-4-17(36-2)13-18(15)20(12-16)34-7-9-35(10-8-34)24-21-22(26)32-33-23(21)29-14-30-24/h3-6,11-14H,7-10H2,1-2H3,(H,27,28,31)(H,29,30,32,33). The number of aromatic amines is 1. The highest BCUT2D eigenvalue weighted by atomic mass is 79.9. The second kappa shape index (κ2) is 9.23. The van der Waals surface area contributed by atoms with E-state index in [1.54, 1.807) is 19.6 Å². The number of rotatable bonds is 5. The summed E-state index contributed by atoms with van der Waals surface area (Å²) in [5.41, 5.74) is 3.73. The van der Waals surface area contributed by atoms with Crippen LogP contribution in [0.4, 0.5) is 17.5 Å². The van der Waals surface area contributed by atoms with Crippen LogP contribution in [0.25, 0.3) is 33.1 Å². The minimum absolute atomic E-state index is 0.596. The van der Waals surface area contributed by atoms with Crippen LogP contribution < -0.4 is 19.9 Å². The third kappa shape index (κ3) is 3.95. The number of methoxy groups -OCH3 is 1. The zero-order valence-electron chi connectivity index (χ0n) is 19.9. The van der Waals surface area contributed by atoms with Crippen LogP contribution in [0.2, 0.25) is 0 Å². The highest BCUT2D eigenvalue weighted by molar-refractivity contribution is 9.10. The van der Waals surface area contributed by atoms with E-state index in [2.05, 4.69) is 85.4 Å². The van der Waals surface area contributed by atoms with E-state index in [-0.39, 0.29) is 0 Å². The van der Waals surface area contributed by atoms with Crippen molar-refractivity contribution >= 4 is 55.2 Å². The molecule has 2 N–H and O–H groups in total. The summed E-state index contributed by atoms with van der Waals surface area (Å²) in [5.74, 6) is 2.32. The molecule has 36 heavy (non-hydrogen) atoms. The van der Waals surface area contributed by atoms with Gasteiger partial charge in [-0.25, -0.2) is 19.9 Å². The van der Waals surface area contributed by atoms with Crippen molar-refractivity contribution in [2.75, 3.05) is 55.5 Å². The summed E-state index contributed by atoms with van der Waals surface area (Å²) in [6.07, 6.45) is 3.35. The number of aromatic nitrogens is 6. The maximum atomic E-state index is 5.55. The Morgan fingerprint density at radius 1 is 1.00 bits per heavy atom. The predicted octanol–water partition coefficient (Wildman–Crippen LogP) is 4.10. The highest BCUT2D eigenvalue weighted by Crippen LogP contribution is 2.36. The van der Waals surface area contributed by atoms with Gasteiger partial charge in [0.15, 0.2) is 5.65 Å². The van der Waals surface area contributed by atoms with Crippen molar-refractivity contribution in [3.05, 3.63) is 53.5 Å². The van der Waals surface area contributed by atoms with Crippen LogP contribution >= 0.6 is 15.9 Å². The third-order valence-corrected chi connectivity index (χ3v) is 7.10. The van der Waals surface area contributed by atoms with Gasteiger partial charge in [-0.1, -0.05) is 6.07 Å². The monoisotopic (exact) mass is 545 g/mol. The van der Waals surface area contributed by atoms with Crippen molar-refractivity contribution in [2.24, 2.45) is 0 Å². The number of fused-ring (bicyclic) bond motifs is 2. The van der Waals surface area contributed by atoms with Crippen LogP contribution in [0.3, 0.4) is 0 Å². The first-order chi connectivity index (χ1) is 17.6. The van der Waals surface area contributed by atoms with E-state index < -0.39 is 0 Å². The highest BCUT2D eigenvalue weighted by Gasteiger charge is 2.24. The summed E-state index contributed by atoms with van der Waals surface area (Å²) in [5, 5.41) is 13.4. The maximum absolute atomic E-state index is 5.55. The van der Waals surface area contributed by atoms with Crippen molar-refractivity contribution in [1.29, 1.82) is 0 Å². The molecule has 10 nitrogen and oxygen atoms in total. The number of halogens is 1. The number of nitrogens with one attached hydrogen (secondary N) is 2. The van der Waals surface area contributed by atoms with Gasteiger partial charge in [0.2, 0.25) is 5.95 Å². The quantitative estimate of drug-likeness (QED) is 0.337. The van der Waals surface area contributed by atoms with Gasteiger partial charge in [0.05, 0.1) is 18.2 Å².